The molecule has 2 aliphatic rings. The summed E-state index contributed by atoms with van der Waals surface area (Å²) in [5.74, 6) is -0.758. The number of hydrogen-bond acceptors (Lipinski definition) is 6. The third kappa shape index (κ3) is 4.12. The number of likely N-dealkylation sites (tertiary alicyclic amines) is 2. The molecule has 2 aliphatic heterocycles. The van der Waals surface area contributed by atoms with Gasteiger partial charge < -0.3 is 14.9 Å². The molecule has 2 fully saturated rings. The van der Waals surface area contributed by atoms with Crippen LogP contribution in [0.15, 0.2) is 54.2 Å². The minimum absolute atomic E-state index is 0.0308. The molecular formula is C24H25FN6O4. The van der Waals surface area contributed by atoms with Crippen molar-refractivity contribution in [2.24, 2.45) is 0 Å². The van der Waals surface area contributed by atoms with E-state index in [1.165, 1.54) is 44.9 Å². The predicted molar refractivity (Wildman–Crippen MR) is 124 cm³/mol. The Bertz CT molecular complexity index is 1360. The summed E-state index contributed by atoms with van der Waals surface area (Å²) in [6.45, 7) is 4.70. The van der Waals surface area contributed by atoms with E-state index in [0.717, 1.165) is 0 Å². The highest BCUT2D eigenvalue weighted by Gasteiger charge is 2.42. The standard InChI is InChI=1S/C24H25FN6O4/c1-2-20(32)30-10-7-19(30)23(34)28-11-8-24(35,9-12-28)14-29-15-26-21-18(22(29)33)13-27-31(21)17-5-3-16(25)4-6-17/h2-6,13,15,19,35H,1,7-12,14H2/t19-/m1/s1. The van der Waals surface area contributed by atoms with E-state index in [2.05, 4.69) is 16.7 Å². The summed E-state index contributed by atoms with van der Waals surface area (Å²) in [5.41, 5.74) is -0.617. The fourth-order valence-electron chi connectivity index (χ4n) is 4.69. The molecular weight excluding hydrogens is 455 g/mol. The van der Waals surface area contributed by atoms with Crippen LogP contribution in [0.4, 0.5) is 4.39 Å². The maximum Gasteiger partial charge on any atom is 0.264 e. The van der Waals surface area contributed by atoms with Crippen molar-refractivity contribution >= 4 is 22.8 Å². The quantitative estimate of drug-likeness (QED) is 0.542. The summed E-state index contributed by atoms with van der Waals surface area (Å²) in [4.78, 5) is 45.3. The first kappa shape index (κ1) is 22.9. The Kier molecular flexibility index (Phi) is 5.72. The maximum atomic E-state index is 13.2. The summed E-state index contributed by atoms with van der Waals surface area (Å²) in [6.07, 6.45) is 5.19. The minimum Gasteiger partial charge on any atom is -0.388 e. The van der Waals surface area contributed by atoms with E-state index in [-0.39, 0.29) is 35.1 Å². The average molecular weight is 481 g/mol. The number of nitrogens with zero attached hydrogens (tertiary/aromatic N) is 6. The summed E-state index contributed by atoms with van der Waals surface area (Å²) in [5, 5.41) is 15.7. The van der Waals surface area contributed by atoms with Gasteiger partial charge in [-0.25, -0.2) is 14.1 Å². The monoisotopic (exact) mass is 480 g/mol. The van der Waals surface area contributed by atoms with Crippen molar-refractivity contribution in [3.63, 3.8) is 0 Å². The van der Waals surface area contributed by atoms with Crippen LogP contribution in [0.2, 0.25) is 0 Å². The zero-order chi connectivity index (χ0) is 24.7. The fourth-order valence-corrected chi connectivity index (χ4v) is 4.69. The lowest BCUT2D eigenvalue weighted by Gasteiger charge is -2.44. The van der Waals surface area contributed by atoms with Crippen LogP contribution in [0.3, 0.4) is 0 Å². The smallest absolute Gasteiger partial charge is 0.264 e. The summed E-state index contributed by atoms with van der Waals surface area (Å²) in [6, 6.07) is 5.22. The molecule has 0 unspecified atom stereocenters. The number of halogens is 1. The van der Waals surface area contributed by atoms with Gasteiger partial charge in [0, 0.05) is 19.6 Å². The number of aromatic nitrogens is 4. The number of amides is 2. The Hall–Kier alpha value is -3.86. The molecule has 0 bridgehead atoms. The molecule has 0 radical (unpaired) electrons. The highest BCUT2D eigenvalue weighted by molar-refractivity contribution is 5.94. The zero-order valence-electron chi connectivity index (χ0n) is 19.0. The minimum atomic E-state index is -1.18. The van der Waals surface area contributed by atoms with Crippen molar-refractivity contribution in [1.29, 1.82) is 0 Å². The predicted octanol–water partition coefficient (Wildman–Crippen LogP) is 0.862. The van der Waals surface area contributed by atoms with E-state index in [4.69, 9.17) is 0 Å². The van der Waals surface area contributed by atoms with E-state index < -0.39 is 11.6 Å². The van der Waals surface area contributed by atoms with Crippen molar-refractivity contribution in [3.8, 4) is 5.69 Å². The molecule has 0 spiro atoms. The number of aliphatic hydroxyl groups is 1. The maximum absolute atomic E-state index is 13.2. The number of hydrogen-bond donors (Lipinski definition) is 1. The van der Waals surface area contributed by atoms with Crippen molar-refractivity contribution < 1.29 is 19.1 Å². The van der Waals surface area contributed by atoms with Crippen LogP contribution in [-0.2, 0) is 16.1 Å². The molecule has 0 saturated carbocycles. The van der Waals surface area contributed by atoms with Gasteiger partial charge in [0.2, 0.25) is 11.8 Å². The number of carbonyl (C=O) groups excluding carboxylic acids is 2. The molecule has 182 valence electrons. The normalized spacial score (nSPS) is 19.4. The Balaban J connectivity index is 1.28. The Morgan fingerprint density at radius 1 is 1.20 bits per heavy atom. The van der Waals surface area contributed by atoms with E-state index in [0.29, 0.717) is 50.2 Å². The molecule has 35 heavy (non-hydrogen) atoms. The van der Waals surface area contributed by atoms with Crippen molar-refractivity contribution in [1.82, 2.24) is 29.1 Å². The van der Waals surface area contributed by atoms with Gasteiger partial charge in [-0.15, -0.1) is 0 Å². The lowest BCUT2D eigenvalue weighted by molar-refractivity contribution is -0.153. The molecule has 4 heterocycles. The highest BCUT2D eigenvalue weighted by atomic mass is 19.1. The lowest BCUT2D eigenvalue weighted by atomic mass is 9.90. The molecule has 0 aliphatic carbocycles. The van der Waals surface area contributed by atoms with Gasteiger partial charge in [-0.3, -0.25) is 19.0 Å². The fraction of sp³-hybridized carbons (Fsp3) is 0.375. The second-order valence-corrected chi connectivity index (χ2v) is 9.04. The molecule has 5 rings (SSSR count). The number of carbonyl (C=O) groups is 2. The van der Waals surface area contributed by atoms with Gasteiger partial charge in [-0.1, -0.05) is 6.58 Å². The molecule has 1 N–H and O–H groups in total. The number of benzene rings is 1. The van der Waals surface area contributed by atoms with Gasteiger partial charge >= 0.3 is 0 Å². The number of piperidine rings is 1. The summed E-state index contributed by atoms with van der Waals surface area (Å²) < 4.78 is 16.1. The molecule has 2 amide bonds. The van der Waals surface area contributed by atoms with E-state index in [1.807, 2.05) is 0 Å². The van der Waals surface area contributed by atoms with Crippen molar-refractivity contribution in [2.45, 2.75) is 37.5 Å². The van der Waals surface area contributed by atoms with Crippen LogP contribution in [-0.4, -0.2) is 77.3 Å². The van der Waals surface area contributed by atoms with Gasteiger partial charge in [-0.2, -0.15) is 5.10 Å². The summed E-state index contributed by atoms with van der Waals surface area (Å²) >= 11 is 0. The first-order valence-corrected chi connectivity index (χ1v) is 11.4. The second kappa shape index (κ2) is 8.73. The molecule has 2 aromatic heterocycles. The Labute approximate surface area is 199 Å². The third-order valence-electron chi connectivity index (χ3n) is 6.86. The lowest BCUT2D eigenvalue weighted by Crippen LogP contribution is -2.60. The van der Waals surface area contributed by atoms with Gasteiger partial charge in [-0.05, 0) is 49.6 Å². The molecule has 1 atom stereocenters. The molecule has 3 aromatic rings. The topological polar surface area (TPSA) is 114 Å². The van der Waals surface area contributed by atoms with Gasteiger partial charge in [0.05, 0.1) is 24.0 Å². The van der Waals surface area contributed by atoms with Gasteiger partial charge in [0.15, 0.2) is 5.65 Å². The average Bonchev–Trinajstić information content (AvgIpc) is 3.26. The largest absolute Gasteiger partial charge is 0.388 e. The van der Waals surface area contributed by atoms with Crippen molar-refractivity contribution in [3.05, 3.63) is 65.6 Å². The van der Waals surface area contributed by atoms with Crippen molar-refractivity contribution in [2.75, 3.05) is 19.6 Å². The first-order valence-electron chi connectivity index (χ1n) is 11.4. The second-order valence-electron chi connectivity index (χ2n) is 9.04. The molecule has 10 nitrogen and oxygen atoms in total. The van der Waals surface area contributed by atoms with E-state index in [1.54, 1.807) is 17.0 Å². The first-order chi connectivity index (χ1) is 16.8. The van der Waals surface area contributed by atoms with Gasteiger partial charge in [0.1, 0.15) is 23.6 Å². The SMILES string of the molecule is C=CC(=O)N1CC[C@@H]1C(=O)N1CCC(O)(Cn2cnc3c(cnn3-c3ccc(F)cc3)c2=O)CC1. The molecule has 2 saturated heterocycles. The van der Waals surface area contributed by atoms with E-state index in [9.17, 15) is 23.9 Å². The van der Waals surface area contributed by atoms with Crippen LogP contribution in [0, 0.1) is 5.82 Å². The Morgan fingerprint density at radius 2 is 1.91 bits per heavy atom. The van der Waals surface area contributed by atoms with Crippen LogP contribution >= 0.6 is 0 Å². The van der Waals surface area contributed by atoms with Crippen LogP contribution in [0.1, 0.15) is 19.3 Å². The van der Waals surface area contributed by atoms with E-state index >= 15 is 0 Å². The van der Waals surface area contributed by atoms with Gasteiger partial charge in [0.25, 0.3) is 5.56 Å². The highest BCUT2D eigenvalue weighted by Crippen LogP contribution is 2.27. The van der Waals surface area contributed by atoms with Crippen LogP contribution in [0.5, 0.6) is 0 Å². The Morgan fingerprint density at radius 3 is 2.54 bits per heavy atom. The number of rotatable bonds is 5. The summed E-state index contributed by atoms with van der Waals surface area (Å²) in [7, 11) is 0. The zero-order valence-corrected chi connectivity index (χ0v) is 19.0. The third-order valence-corrected chi connectivity index (χ3v) is 6.86. The number of fused-ring (bicyclic) bond motifs is 1. The van der Waals surface area contributed by atoms with Crippen LogP contribution < -0.4 is 5.56 Å². The molecule has 11 heteroatoms. The molecule has 1 aromatic carbocycles. The van der Waals surface area contributed by atoms with Crippen LogP contribution in [0.25, 0.3) is 16.7 Å².